The van der Waals surface area contributed by atoms with E-state index in [0.717, 1.165) is 37.3 Å². The Morgan fingerprint density at radius 3 is 2.48 bits per heavy atom. The fourth-order valence-electron chi connectivity index (χ4n) is 2.72. The number of benzene rings is 2. The number of rotatable bonds is 4. The maximum Gasteiger partial charge on any atom is 0.146 e. The highest BCUT2D eigenvalue weighted by molar-refractivity contribution is 7.98. The smallest absolute Gasteiger partial charge is 0.146 e. The van der Waals surface area contributed by atoms with Gasteiger partial charge in [0.2, 0.25) is 0 Å². The second-order valence-corrected chi connectivity index (χ2v) is 8.01. The number of aryl methyl sites for hydroxylation is 2. The van der Waals surface area contributed by atoms with Gasteiger partial charge < -0.3 is 0 Å². The van der Waals surface area contributed by atoms with Crippen molar-refractivity contribution in [3.05, 3.63) is 70.7 Å². The summed E-state index contributed by atoms with van der Waals surface area (Å²) in [5.41, 5.74) is 5.59. The summed E-state index contributed by atoms with van der Waals surface area (Å²) in [5, 5.41) is 11.0. The molecular weight excluding hydrogens is 346 g/mol. The second-order valence-electron chi connectivity index (χ2n) is 5.85. The molecule has 0 N–H and O–H groups in total. The van der Waals surface area contributed by atoms with E-state index < -0.39 is 0 Å². The predicted octanol–water partition coefficient (Wildman–Crippen LogP) is 5.66. The van der Waals surface area contributed by atoms with Crippen LogP contribution in [0.15, 0.2) is 59.6 Å². The zero-order chi connectivity index (χ0) is 17.2. The van der Waals surface area contributed by atoms with Crippen molar-refractivity contribution in [1.29, 1.82) is 0 Å². The predicted molar refractivity (Wildman–Crippen MR) is 106 cm³/mol. The molecule has 0 aliphatic rings. The Morgan fingerprint density at radius 2 is 1.68 bits per heavy atom. The molecule has 0 saturated carbocycles. The summed E-state index contributed by atoms with van der Waals surface area (Å²) in [6, 6.07) is 18.7. The number of hydrogen-bond donors (Lipinski definition) is 0. The van der Waals surface area contributed by atoms with E-state index in [4.69, 9.17) is 4.98 Å². The van der Waals surface area contributed by atoms with Gasteiger partial charge in [-0.25, -0.2) is 4.98 Å². The molecule has 0 spiro atoms. The Hall–Kier alpha value is -2.24. The molecule has 124 valence electrons. The molecule has 0 bridgehead atoms. The van der Waals surface area contributed by atoms with Crippen molar-refractivity contribution in [2.45, 2.75) is 24.6 Å². The van der Waals surface area contributed by atoms with Gasteiger partial charge in [-0.05, 0) is 25.0 Å². The van der Waals surface area contributed by atoms with Crippen molar-refractivity contribution >= 4 is 33.3 Å². The van der Waals surface area contributed by atoms with E-state index in [9.17, 15) is 0 Å². The molecule has 0 aliphatic carbocycles. The molecule has 0 amide bonds. The molecule has 25 heavy (non-hydrogen) atoms. The van der Waals surface area contributed by atoms with Crippen molar-refractivity contribution in [3.63, 3.8) is 0 Å². The van der Waals surface area contributed by atoms with Gasteiger partial charge in [-0.15, -0.1) is 21.5 Å². The molecule has 0 saturated heterocycles. The van der Waals surface area contributed by atoms with Gasteiger partial charge in [-0.2, -0.15) is 0 Å². The van der Waals surface area contributed by atoms with Crippen LogP contribution in [0.1, 0.15) is 16.1 Å². The lowest BCUT2D eigenvalue weighted by atomic mass is 10.1. The lowest BCUT2D eigenvalue weighted by Crippen LogP contribution is -1.93. The molecule has 2 aromatic heterocycles. The summed E-state index contributed by atoms with van der Waals surface area (Å²) in [6.45, 7) is 4.18. The van der Waals surface area contributed by atoms with Crippen LogP contribution in [0.3, 0.4) is 0 Å². The average molecular weight is 364 g/mol. The first-order valence-electron chi connectivity index (χ1n) is 8.09. The van der Waals surface area contributed by atoms with Crippen molar-refractivity contribution in [2.24, 2.45) is 0 Å². The first-order valence-corrected chi connectivity index (χ1v) is 9.89. The van der Waals surface area contributed by atoms with Crippen molar-refractivity contribution in [3.8, 4) is 11.3 Å². The van der Waals surface area contributed by atoms with E-state index in [-0.39, 0.29) is 0 Å². The normalized spacial score (nSPS) is 11.1. The highest BCUT2D eigenvalue weighted by Gasteiger charge is 2.16. The fraction of sp³-hybridized carbons (Fsp3) is 0.150. The molecule has 0 aliphatic heterocycles. The highest BCUT2D eigenvalue weighted by atomic mass is 32.2. The third kappa shape index (κ3) is 3.30. The van der Waals surface area contributed by atoms with Crippen molar-refractivity contribution < 1.29 is 0 Å². The van der Waals surface area contributed by atoms with Crippen LogP contribution in [0.5, 0.6) is 0 Å². The SMILES string of the molecule is Cc1nc2c(SCc3ccccc3C)nnc(-c3ccccc3)c2s1. The number of thiazole rings is 1. The van der Waals surface area contributed by atoms with Crippen molar-refractivity contribution in [1.82, 2.24) is 15.2 Å². The first kappa shape index (κ1) is 16.2. The fourth-order valence-corrected chi connectivity index (χ4v) is 4.71. The lowest BCUT2D eigenvalue weighted by Gasteiger charge is -2.06. The largest absolute Gasteiger partial charge is 0.238 e. The van der Waals surface area contributed by atoms with Crippen molar-refractivity contribution in [2.75, 3.05) is 0 Å². The number of nitrogens with zero attached hydrogens (tertiary/aromatic N) is 3. The molecule has 3 nitrogen and oxygen atoms in total. The van der Waals surface area contributed by atoms with E-state index in [1.807, 2.05) is 25.1 Å². The van der Waals surface area contributed by atoms with Crippen LogP contribution in [0, 0.1) is 13.8 Å². The van der Waals surface area contributed by atoms with Gasteiger partial charge in [0.15, 0.2) is 0 Å². The van der Waals surface area contributed by atoms with E-state index in [2.05, 4.69) is 53.5 Å². The summed E-state index contributed by atoms with van der Waals surface area (Å²) in [4.78, 5) is 4.73. The van der Waals surface area contributed by atoms with Crippen LogP contribution in [0.4, 0.5) is 0 Å². The highest BCUT2D eigenvalue weighted by Crippen LogP contribution is 2.36. The molecule has 0 unspecified atom stereocenters. The minimum atomic E-state index is 0.873. The van der Waals surface area contributed by atoms with Crippen LogP contribution >= 0.6 is 23.1 Å². The van der Waals surface area contributed by atoms with Gasteiger partial charge in [0.1, 0.15) is 16.2 Å². The number of hydrogen-bond acceptors (Lipinski definition) is 5. The lowest BCUT2D eigenvalue weighted by molar-refractivity contribution is 0.955. The Kier molecular flexibility index (Phi) is 4.51. The number of fused-ring (bicyclic) bond motifs is 1. The van der Waals surface area contributed by atoms with Gasteiger partial charge in [0.05, 0.1) is 9.71 Å². The van der Waals surface area contributed by atoms with Gasteiger partial charge >= 0.3 is 0 Å². The molecule has 0 atom stereocenters. The Labute approximate surface area is 155 Å². The summed E-state index contributed by atoms with van der Waals surface area (Å²) in [7, 11) is 0. The molecule has 4 rings (SSSR count). The summed E-state index contributed by atoms with van der Waals surface area (Å²) in [5.74, 6) is 0.873. The van der Waals surface area contributed by atoms with E-state index >= 15 is 0 Å². The third-order valence-corrected chi connectivity index (χ3v) is 6.05. The van der Waals surface area contributed by atoms with Crippen LogP contribution in [-0.2, 0) is 5.75 Å². The van der Waals surface area contributed by atoms with Crippen LogP contribution < -0.4 is 0 Å². The van der Waals surface area contributed by atoms with Crippen LogP contribution in [0.2, 0.25) is 0 Å². The standard InChI is InChI=1S/C20H17N3S2/c1-13-8-6-7-11-16(13)12-24-20-18-19(25-14(2)21-18)17(22-23-20)15-9-4-3-5-10-15/h3-11H,12H2,1-2H3. The van der Waals surface area contributed by atoms with Crippen LogP contribution in [0.25, 0.3) is 21.5 Å². The first-order chi connectivity index (χ1) is 12.2. The maximum atomic E-state index is 4.73. The third-order valence-electron chi connectivity index (χ3n) is 4.07. The summed E-state index contributed by atoms with van der Waals surface area (Å²) >= 11 is 3.39. The molecule has 2 heterocycles. The second kappa shape index (κ2) is 6.94. The van der Waals surface area contributed by atoms with E-state index in [0.29, 0.717) is 0 Å². The van der Waals surface area contributed by atoms with Gasteiger partial charge in [-0.1, -0.05) is 66.4 Å². The molecule has 5 heteroatoms. The Morgan fingerprint density at radius 1 is 0.920 bits per heavy atom. The summed E-state index contributed by atoms with van der Waals surface area (Å²) < 4.78 is 1.12. The molecule has 4 aromatic rings. The summed E-state index contributed by atoms with van der Waals surface area (Å²) in [6.07, 6.45) is 0. The zero-order valence-corrected chi connectivity index (χ0v) is 15.7. The quantitative estimate of drug-likeness (QED) is 0.438. The minimum Gasteiger partial charge on any atom is -0.238 e. The topological polar surface area (TPSA) is 38.7 Å². The zero-order valence-electron chi connectivity index (χ0n) is 14.1. The maximum absolute atomic E-state index is 4.73. The number of aromatic nitrogens is 3. The Bertz CT molecular complexity index is 1030. The monoisotopic (exact) mass is 363 g/mol. The minimum absolute atomic E-state index is 0.873. The average Bonchev–Trinajstić information content (AvgIpc) is 3.03. The molecular formula is C20H17N3S2. The van der Waals surface area contributed by atoms with E-state index in [1.165, 1.54) is 11.1 Å². The molecule has 2 aromatic carbocycles. The number of thioether (sulfide) groups is 1. The molecule has 0 radical (unpaired) electrons. The van der Waals surface area contributed by atoms with E-state index in [1.54, 1.807) is 23.1 Å². The van der Waals surface area contributed by atoms with Gasteiger partial charge in [-0.3, -0.25) is 0 Å². The molecule has 0 fully saturated rings. The van der Waals surface area contributed by atoms with Gasteiger partial charge in [0, 0.05) is 11.3 Å². The van der Waals surface area contributed by atoms with Crippen LogP contribution in [-0.4, -0.2) is 15.2 Å². The Balaban J connectivity index is 1.73. The van der Waals surface area contributed by atoms with Gasteiger partial charge in [0.25, 0.3) is 0 Å².